The van der Waals surface area contributed by atoms with Gasteiger partial charge >= 0.3 is 12.0 Å². The molecule has 1 atom stereocenters. The Bertz CT molecular complexity index is 281. The predicted molar refractivity (Wildman–Crippen MR) is 70.0 cm³/mol. The summed E-state index contributed by atoms with van der Waals surface area (Å²) in [5.74, 6) is -1.11. The van der Waals surface area contributed by atoms with Crippen molar-refractivity contribution in [1.29, 1.82) is 0 Å². The normalized spacial score (nSPS) is 13.6. The third-order valence-electron chi connectivity index (χ3n) is 2.34. The van der Waals surface area contributed by atoms with Crippen molar-refractivity contribution < 1.29 is 24.5 Å². The van der Waals surface area contributed by atoms with E-state index in [2.05, 4.69) is 17.6 Å². The molecular formula is C12H24N2O5. The molecule has 0 aromatic rings. The second-order valence-electron chi connectivity index (χ2n) is 4.64. The second kappa shape index (κ2) is 9.57. The Kier molecular flexibility index (Phi) is 8.90. The lowest BCUT2D eigenvalue weighted by Gasteiger charge is -2.21. The Morgan fingerprint density at radius 3 is 2.53 bits per heavy atom. The van der Waals surface area contributed by atoms with E-state index < -0.39 is 24.0 Å². The second-order valence-corrected chi connectivity index (χ2v) is 4.64. The summed E-state index contributed by atoms with van der Waals surface area (Å²) in [6.45, 7) is 4.78. The van der Waals surface area contributed by atoms with Crippen molar-refractivity contribution in [3.05, 3.63) is 0 Å². The van der Waals surface area contributed by atoms with E-state index in [-0.39, 0.29) is 6.54 Å². The molecular weight excluding hydrogens is 252 g/mol. The van der Waals surface area contributed by atoms with E-state index in [0.717, 1.165) is 12.8 Å². The van der Waals surface area contributed by atoms with Gasteiger partial charge in [0.15, 0.2) is 0 Å². The molecule has 4 N–H and O–H groups in total. The minimum absolute atomic E-state index is 0.123. The molecule has 1 unspecified atom stereocenters. The van der Waals surface area contributed by atoms with Crippen LogP contribution in [-0.4, -0.2) is 54.1 Å². The van der Waals surface area contributed by atoms with Gasteiger partial charge in [-0.3, -0.25) is 4.79 Å². The molecule has 0 saturated heterocycles. The van der Waals surface area contributed by atoms with Crippen LogP contribution in [0.5, 0.6) is 0 Å². The topological polar surface area (TPSA) is 108 Å². The molecule has 0 radical (unpaired) electrons. The van der Waals surface area contributed by atoms with E-state index in [1.165, 1.54) is 6.92 Å². The molecule has 0 heterocycles. The number of carbonyl (C=O) groups excluding carboxylic acids is 1. The average Bonchev–Trinajstić information content (AvgIpc) is 2.29. The Morgan fingerprint density at radius 2 is 1.95 bits per heavy atom. The van der Waals surface area contributed by atoms with Gasteiger partial charge in [0.25, 0.3) is 0 Å². The zero-order valence-corrected chi connectivity index (χ0v) is 11.6. The smallest absolute Gasteiger partial charge is 0.314 e. The summed E-state index contributed by atoms with van der Waals surface area (Å²) in [5.41, 5.74) is -1.46. The van der Waals surface area contributed by atoms with E-state index >= 15 is 0 Å². The lowest BCUT2D eigenvalue weighted by atomic mass is 10.0. The van der Waals surface area contributed by atoms with Crippen molar-refractivity contribution in [3.8, 4) is 0 Å². The van der Waals surface area contributed by atoms with Crippen LogP contribution < -0.4 is 10.6 Å². The van der Waals surface area contributed by atoms with Gasteiger partial charge in [-0.2, -0.15) is 0 Å². The lowest BCUT2D eigenvalue weighted by molar-refractivity contribution is -0.141. The third-order valence-corrected chi connectivity index (χ3v) is 2.34. The molecule has 7 nitrogen and oxygen atoms in total. The molecule has 0 saturated carbocycles. The fourth-order valence-electron chi connectivity index (χ4n) is 1.31. The predicted octanol–water partition coefficient (Wildman–Crippen LogP) is 0.328. The maximum Gasteiger partial charge on any atom is 0.314 e. The monoisotopic (exact) mass is 276 g/mol. The fraction of sp³-hybridized carbons (Fsp3) is 0.833. The number of unbranched alkanes of at least 4 members (excludes halogenated alkanes) is 1. The van der Waals surface area contributed by atoms with Crippen molar-refractivity contribution in [2.45, 2.75) is 38.7 Å². The maximum atomic E-state index is 11.3. The van der Waals surface area contributed by atoms with Crippen LogP contribution in [0.3, 0.4) is 0 Å². The van der Waals surface area contributed by atoms with E-state index in [0.29, 0.717) is 19.8 Å². The highest BCUT2D eigenvalue weighted by Gasteiger charge is 2.24. The lowest BCUT2D eigenvalue weighted by Crippen LogP contribution is -2.46. The quantitative estimate of drug-likeness (QED) is 0.430. The minimum atomic E-state index is -1.46. The van der Waals surface area contributed by atoms with E-state index in [1.807, 2.05) is 0 Å². The van der Waals surface area contributed by atoms with Gasteiger partial charge in [-0.05, 0) is 13.3 Å². The number of amides is 2. The molecule has 0 aliphatic carbocycles. The fourth-order valence-corrected chi connectivity index (χ4v) is 1.31. The maximum absolute atomic E-state index is 11.3. The molecule has 0 aromatic carbocycles. The number of carbonyl (C=O) groups is 2. The minimum Gasteiger partial charge on any atom is -0.481 e. The Labute approximate surface area is 113 Å². The highest BCUT2D eigenvalue weighted by atomic mass is 16.5. The van der Waals surface area contributed by atoms with Crippen LogP contribution in [0, 0.1) is 0 Å². The first-order valence-corrected chi connectivity index (χ1v) is 6.41. The Balaban J connectivity index is 3.61. The zero-order valence-electron chi connectivity index (χ0n) is 11.6. The highest BCUT2D eigenvalue weighted by molar-refractivity contribution is 5.74. The number of hydrogen-bond acceptors (Lipinski definition) is 4. The number of nitrogens with one attached hydrogen (secondary N) is 2. The van der Waals surface area contributed by atoms with E-state index in [4.69, 9.17) is 9.84 Å². The van der Waals surface area contributed by atoms with Crippen molar-refractivity contribution in [1.82, 2.24) is 10.6 Å². The number of aliphatic hydroxyl groups is 1. The third kappa shape index (κ3) is 11.5. The summed E-state index contributed by atoms with van der Waals surface area (Å²) in [4.78, 5) is 21.8. The first kappa shape index (κ1) is 17.7. The highest BCUT2D eigenvalue weighted by Crippen LogP contribution is 2.06. The van der Waals surface area contributed by atoms with Gasteiger partial charge in [0, 0.05) is 19.7 Å². The number of rotatable bonds is 10. The summed E-state index contributed by atoms with van der Waals surface area (Å²) in [6.07, 6.45) is 1.63. The summed E-state index contributed by atoms with van der Waals surface area (Å²) < 4.78 is 5.25. The first-order chi connectivity index (χ1) is 8.87. The zero-order chi connectivity index (χ0) is 14.7. The van der Waals surface area contributed by atoms with Crippen LogP contribution in [0.15, 0.2) is 0 Å². The van der Waals surface area contributed by atoms with Gasteiger partial charge < -0.3 is 25.6 Å². The summed E-state index contributed by atoms with van der Waals surface area (Å²) >= 11 is 0. The van der Waals surface area contributed by atoms with E-state index in [9.17, 15) is 14.7 Å². The Morgan fingerprint density at radius 1 is 1.26 bits per heavy atom. The van der Waals surface area contributed by atoms with Crippen molar-refractivity contribution in [3.63, 3.8) is 0 Å². The molecule has 0 bridgehead atoms. The first-order valence-electron chi connectivity index (χ1n) is 6.41. The van der Waals surface area contributed by atoms with Crippen molar-refractivity contribution in [2.24, 2.45) is 0 Å². The van der Waals surface area contributed by atoms with Crippen LogP contribution in [0.25, 0.3) is 0 Å². The van der Waals surface area contributed by atoms with Crippen LogP contribution in [0.2, 0.25) is 0 Å². The van der Waals surface area contributed by atoms with Gasteiger partial charge in [0.2, 0.25) is 0 Å². The molecule has 0 aliphatic heterocycles. The molecule has 0 aromatic heterocycles. The van der Waals surface area contributed by atoms with Crippen LogP contribution in [-0.2, 0) is 9.53 Å². The molecule has 0 fully saturated rings. The van der Waals surface area contributed by atoms with Crippen molar-refractivity contribution in [2.75, 3.05) is 26.3 Å². The van der Waals surface area contributed by atoms with Crippen LogP contribution in [0.1, 0.15) is 33.1 Å². The largest absolute Gasteiger partial charge is 0.481 e. The molecule has 2 amide bonds. The number of aliphatic carboxylic acids is 1. The van der Waals surface area contributed by atoms with E-state index in [1.54, 1.807) is 0 Å². The standard InChI is InChI=1S/C12H24N2O5/c1-3-4-6-19-7-5-13-11(17)14-9-12(2,18)8-10(15)16/h18H,3-9H2,1-2H3,(H,15,16)(H2,13,14,17). The van der Waals surface area contributed by atoms with Gasteiger partial charge in [-0.1, -0.05) is 13.3 Å². The van der Waals surface area contributed by atoms with Crippen LogP contribution >= 0.6 is 0 Å². The Hall–Kier alpha value is -1.34. The molecule has 7 heteroatoms. The van der Waals surface area contributed by atoms with Crippen molar-refractivity contribution >= 4 is 12.0 Å². The number of carboxylic acids is 1. The molecule has 112 valence electrons. The van der Waals surface area contributed by atoms with Gasteiger partial charge in [-0.15, -0.1) is 0 Å². The summed E-state index contributed by atoms with van der Waals surface area (Å²) in [6, 6.07) is -0.454. The molecule has 0 spiro atoms. The van der Waals surface area contributed by atoms with Gasteiger partial charge in [-0.25, -0.2) is 4.79 Å². The number of ether oxygens (including phenoxy) is 1. The van der Waals surface area contributed by atoms with Crippen LogP contribution in [0.4, 0.5) is 4.79 Å². The SMILES string of the molecule is CCCCOCCNC(=O)NCC(C)(O)CC(=O)O. The van der Waals surface area contributed by atoms with Gasteiger partial charge in [0.05, 0.1) is 18.6 Å². The number of urea groups is 1. The number of hydrogen-bond donors (Lipinski definition) is 4. The molecule has 0 aliphatic rings. The van der Waals surface area contributed by atoms with Gasteiger partial charge in [0.1, 0.15) is 0 Å². The summed E-state index contributed by atoms with van der Waals surface area (Å²) in [7, 11) is 0. The average molecular weight is 276 g/mol. The number of carboxylic acid groups (broad SMARTS) is 1. The molecule has 0 rings (SSSR count). The summed E-state index contributed by atoms with van der Waals surface area (Å²) in [5, 5.41) is 23.2. The molecule has 19 heavy (non-hydrogen) atoms.